The highest BCUT2D eigenvalue weighted by Gasteiger charge is 2.16. The summed E-state index contributed by atoms with van der Waals surface area (Å²) in [4.78, 5) is 29.7. The van der Waals surface area contributed by atoms with E-state index in [1.807, 2.05) is 24.3 Å². The molecular weight excluding hydrogens is 358 g/mol. The van der Waals surface area contributed by atoms with Crippen LogP contribution in [0.3, 0.4) is 0 Å². The van der Waals surface area contributed by atoms with E-state index in [0.29, 0.717) is 38.6 Å². The van der Waals surface area contributed by atoms with Crippen molar-refractivity contribution in [1.29, 1.82) is 0 Å². The number of rotatable bonds is 7. The van der Waals surface area contributed by atoms with E-state index in [-0.39, 0.29) is 18.4 Å². The maximum atomic E-state index is 12.1. The predicted octanol–water partition coefficient (Wildman–Crippen LogP) is 1.65. The molecule has 0 bridgehead atoms. The lowest BCUT2D eigenvalue weighted by molar-refractivity contribution is -0.137. The number of hydrogen-bond acceptors (Lipinski definition) is 5. The predicted molar refractivity (Wildman–Crippen MR) is 104 cm³/mol. The van der Waals surface area contributed by atoms with E-state index >= 15 is 0 Å². The first-order valence-electron chi connectivity index (χ1n) is 9.14. The lowest BCUT2D eigenvalue weighted by Crippen LogP contribution is -2.42. The van der Waals surface area contributed by atoms with Crippen LogP contribution in [0.4, 0.5) is 0 Å². The number of carbonyl (C=O) groups excluding carboxylic acids is 2. The standard InChI is InChI=1S/C21H23N3O4/c25-20(23-15-18-2-1-9-22-14-18)8-5-17-3-6-19(7-4-17)28-16-21(26)24-10-12-27-13-11-24/h1-9,14H,10-13,15-16H2,(H,23,25). The molecule has 1 aliphatic rings. The summed E-state index contributed by atoms with van der Waals surface area (Å²) in [5, 5.41) is 2.80. The summed E-state index contributed by atoms with van der Waals surface area (Å²) in [6.07, 6.45) is 6.61. The van der Waals surface area contributed by atoms with Gasteiger partial charge in [-0.05, 0) is 35.4 Å². The zero-order valence-electron chi connectivity index (χ0n) is 15.5. The maximum Gasteiger partial charge on any atom is 0.260 e. The number of carbonyl (C=O) groups is 2. The fourth-order valence-electron chi connectivity index (χ4n) is 2.65. The van der Waals surface area contributed by atoms with Crippen LogP contribution in [0.2, 0.25) is 0 Å². The molecule has 7 heteroatoms. The third kappa shape index (κ3) is 6.21. The Kier molecular flexibility index (Phi) is 7.14. The molecular formula is C21H23N3O4. The van der Waals surface area contributed by atoms with Crippen LogP contribution in [0.25, 0.3) is 6.08 Å². The van der Waals surface area contributed by atoms with Crippen molar-refractivity contribution in [2.45, 2.75) is 6.54 Å². The van der Waals surface area contributed by atoms with Gasteiger partial charge in [0.05, 0.1) is 13.2 Å². The van der Waals surface area contributed by atoms with Gasteiger partial charge in [-0.15, -0.1) is 0 Å². The first kappa shape index (κ1) is 19.6. The van der Waals surface area contributed by atoms with E-state index in [1.165, 1.54) is 6.08 Å². The molecule has 2 aromatic rings. The summed E-state index contributed by atoms with van der Waals surface area (Å²) < 4.78 is 10.8. The van der Waals surface area contributed by atoms with Gasteiger partial charge in [0.2, 0.25) is 5.91 Å². The van der Waals surface area contributed by atoms with Gasteiger partial charge in [-0.3, -0.25) is 14.6 Å². The van der Waals surface area contributed by atoms with Gasteiger partial charge in [0, 0.05) is 38.1 Å². The van der Waals surface area contributed by atoms with Gasteiger partial charge in [-0.2, -0.15) is 0 Å². The van der Waals surface area contributed by atoms with Crippen LogP contribution in [0.15, 0.2) is 54.9 Å². The third-order valence-corrected chi connectivity index (χ3v) is 4.22. The van der Waals surface area contributed by atoms with Gasteiger partial charge < -0.3 is 19.7 Å². The van der Waals surface area contributed by atoms with Gasteiger partial charge >= 0.3 is 0 Å². The fraction of sp³-hybridized carbons (Fsp3) is 0.286. The molecule has 0 radical (unpaired) electrons. The van der Waals surface area contributed by atoms with Crippen LogP contribution in [0.1, 0.15) is 11.1 Å². The van der Waals surface area contributed by atoms with Gasteiger partial charge in [-0.25, -0.2) is 0 Å². The largest absolute Gasteiger partial charge is 0.484 e. The second-order valence-electron chi connectivity index (χ2n) is 6.26. The fourth-order valence-corrected chi connectivity index (χ4v) is 2.65. The minimum atomic E-state index is -0.180. The smallest absolute Gasteiger partial charge is 0.260 e. The van der Waals surface area contributed by atoms with E-state index in [2.05, 4.69) is 10.3 Å². The Bertz CT molecular complexity index is 800. The Balaban J connectivity index is 1.42. The van der Waals surface area contributed by atoms with Crippen molar-refractivity contribution in [3.8, 4) is 5.75 Å². The molecule has 1 N–H and O–H groups in total. The number of benzene rings is 1. The highest BCUT2D eigenvalue weighted by atomic mass is 16.5. The summed E-state index contributed by atoms with van der Waals surface area (Å²) in [6, 6.07) is 11.0. The second kappa shape index (κ2) is 10.2. The van der Waals surface area contributed by atoms with E-state index in [0.717, 1.165) is 11.1 Å². The highest BCUT2D eigenvalue weighted by molar-refractivity contribution is 5.91. The topological polar surface area (TPSA) is 80.8 Å². The van der Waals surface area contributed by atoms with E-state index in [1.54, 1.807) is 35.5 Å². The number of pyridine rings is 1. The molecule has 1 fully saturated rings. The Morgan fingerprint density at radius 3 is 2.68 bits per heavy atom. The number of amides is 2. The molecule has 0 aliphatic carbocycles. The van der Waals surface area contributed by atoms with E-state index in [4.69, 9.17) is 9.47 Å². The van der Waals surface area contributed by atoms with Crippen LogP contribution in [-0.2, 0) is 20.9 Å². The average Bonchev–Trinajstić information content (AvgIpc) is 2.76. The lowest BCUT2D eigenvalue weighted by Gasteiger charge is -2.26. The van der Waals surface area contributed by atoms with Crippen LogP contribution in [0, 0.1) is 0 Å². The third-order valence-electron chi connectivity index (χ3n) is 4.22. The van der Waals surface area contributed by atoms with Crippen molar-refractivity contribution in [2.75, 3.05) is 32.9 Å². The van der Waals surface area contributed by atoms with Crippen LogP contribution in [0.5, 0.6) is 5.75 Å². The van der Waals surface area contributed by atoms with Gasteiger partial charge in [0.15, 0.2) is 6.61 Å². The maximum absolute atomic E-state index is 12.1. The van der Waals surface area contributed by atoms with Crippen LogP contribution >= 0.6 is 0 Å². The number of nitrogens with zero attached hydrogens (tertiary/aromatic N) is 2. The molecule has 1 saturated heterocycles. The lowest BCUT2D eigenvalue weighted by atomic mass is 10.2. The van der Waals surface area contributed by atoms with Gasteiger partial charge in [0.25, 0.3) is 5.91 Å². The number of aromatic nitrogens is 1. The quantitative estimate of drug-likeness (QED) is 0.738. The highest BCUT2D eigenvalue weighted by Crippen LogP contribution is 2.13. The summed E-state index contributed by atoms with van der Waals surface area (Å²) in [5.41, 5.74) is 1.81. The van der Waals surface area contributed by atoms with Gasteiger partial charge in [-0.1, -0.05) is 18.2 Å². The first-order chi connectivity index (χ1) is 13.7. The molecule has 28 heavy (non-hydrogen) atoms. The Hall–Kier alpha value is -3.19. The average molecular weight is 381 g/mol. The summed E-state index contributed by atoms with van der Waals surface area (Å²) >= 11 is 0. The molecule has 146 valence electrons. The zero-order chi connectivity index (χ0) is 19.6. The second-order valence-corrected chi connectivity index (χ2v) is 6.26. The minimum Gasteiger partial charge on any atom is -0.484 e. The molecule has 1 aromatic carbocycles. The molecule has 0 unspecified atom stereocenters. The molecule has 1 aromatic heterocycles. The first-order valence-corrected chi connectivity index (χ1v) is 9.14. The summed E-state index contributed by atoms with van der Waals surface area (Å²) in [7, 11) is 0. The van der Waals surface area contributed by atoms with Gasteiger partial charge in [0.1, 0.15) is 5.75 Å². The van der Waals surface area contributed by atoms with Crippen LogP contribution in [-0.4, -0.2) is 54.6 Å². The summed E-state index contributed by atoms with van der Waals surface area (Å²) in [6.45, 7) is 2.79. The molecule has 3 rings (SSSR count). The summed E-state index contributed by atoms with van der Waals surface area (Å²) in [5.74, 6) is 0.387. The number of nitrogens with one attached hydrogen (secondary N) is 1. The molecule has 2 heterocycles. The van der Waals surface area contributed by atoms with Crippen molar-refractivity contribution >= 4 is 17.9 Å². The van der Waals surface area contributed by atoms with Crippen molar-refractivity contribution in [2.24, 2.45) is 0 Å². The van der Waals surface area contributed by atoms with Crippen LogP contribution < -0.4 is 10.1 Å². The number of hydrogen-bond donors (Lipinski definition) is 1. The Morgan fingerprint density at radius 2 is 1.96 bits per heavy atom. The Morgan fingerprint density at radius 1 is 1.18 bits per heavy atom. The molecule has 7 nitrogen and oxygen atoms in total. The molecule has 0 atom stereocenters. The molecule has 1 aliphatic heterocycles. The Labute approximate surface area is 164 Å². The van der Waals surface area contributed by atoms with Crippen molar-refractivity contribution < 1.29 is 19.1 Å². The van der Waals surface area contributed by atoms with E-state index in [9.17, 15) is 9.59 Å². The SMILES string of the molecule is O=C(C=Cc1ccc(OCC(=O)N2CCOCC2)cc1)NCc1cccnc1. The number of ether oxygens (including phenoxy) is 2. The minimum absolute atomic E-state index is 0.00589. The van der Waals surface area contributed by atoms with E-state index < -0.39 is 0 Å². The van der Waals surface area contributed by atoms with Crippen molar-refractivity contribution in [3.63, 3.8) is 0 Å². The number of morpholine rings is 1. The van der Waals surface area contributed by atoms with Crippen molar-refractivity contribution in [3.05, 3.63) is 66.0 Å². The monoisotopic (exact) mass is 381 g/mol. The molecule has 0 spiro atoms. The van der Waals surface area contributed by atoms with Crippen molar-refractivity contribution in [1.82, 2.24) is 15.2 Å². The molecule has 2 amide bonds. The normalized spacial score (nSPS) is 14.1. The molecule has 0 saturated carbocycles. The zero-order valence-corrected chi connectivity index (χ0v) is 15.5.